The van der Waals surface area contributed by atoms with Crippen molar-refractivity contribution in [1.82, 2.24) is 4.98 Å². The topological polar surface area (TPSA) is 149 Å². The fourth-order valence-electron chi connectivity index (χ4n) is 4.42. The van der Waals surface area contributed by atoms with Gasteiger partial charge < -0.3 is 21.8 Å². The van der Waals surface area contributed by atoms with Crippen molar-refractivity contribution in [2.24, 2.45) is 11.5 Å². The zero-order chi connectivity index (χ0) is 26.8. The number of carbonyl (C=O) groups is 1. The van der Waals surface area contributed by atoms with E-state index in [-0.39, 0.29) is 5.75 Å². The highest BCUT2D eigenvalue weighted by Crippen LogP contribution is 2.42. The van der Waals surface area contributed by atoms with E-state index in [9.17, 15) is 9.00 Å². The van der Waals surface area contributed by atoms with Crippen LogP contribution in [0.3, 0.4) is 0 Å². The maximum Gasteiger partial charge on any atom is 0.323 e. The molecule has 8 nitrogen and oxygen atoms in total. The third kappa shape index (κ3) is 5.02. The lowest BCUT2D eigenvalue weighted by atomic mass is 10.0. The Kier molecular flexibility index (Phi) is 7.21. The molecule has 0 radical (unpaired) electrons. The Hall–Kier alpha value is -4.09. The first-order chi connectivity index (χ1) is 18.4. The molecule has 0 saturated heterocycles. The smallest absolute Gasteiger partial charge is 0.323 e. The summed E-state index contributed by atoms with van der Waals surface area (Å²) in [5.74, 6) is 0.509. The number of fused-ring (bicyclic) bond motifs is 1. The van der Waals surface area contributed by atoms with Crippen molar-refractivity contribution >= 4 is 55.7 Å². The number of pyridine rings is 1. The number of benzene rings is 3. The standard InChI is InChI=1S/C28H25N5O3S2/c29-13-18-2-1-3-22(12-18)33(28(31)34)21-10-8-20(9-11-21)24-15-37-26-23(14-32-27(30)25(24)26)19-6-4-17(5-7-19)16-38(35)36/h1-12,14-15H,13,16,29H2,(H2,30,32)(H2,31,34)(H,35,36). The molecule has 3 aromatic carbocycles. The molecule has 1 atom stereocenters. The van der Waals surface area contributed by atoms with E-state index < -0.39 is 17.1 Å². The number of nitrogens with zero attached hydrogens (tertiary/aromatic N) is 2. The van der Waals surface area contributed by atoms with Crippen LogP contribution in [0.2, 0.25) is 0 Å². The van der Waals surface area contributed by atoms with Crippen LogP contribution >= 0.6 is 11.3 Å². The lowest BCUT2D eigenvalue weighted by molar-refractivity contribution is 0.256. The zero-order valence-corrected chi connectivity index (χ0v) is 21.8. The molecule has 0 spiro atoms. The minimum atomic E-state index is -1.89. The minimum absolute atomic E-state index is 0.0838. The number of aromatic nitrogens is 1. The molecule has 2 heterocycles. The van der Waals surface area contributed by atoms with E-state index in [2.05, 4.69) is 4.98 Å². The molecule has 1 unspecified atom stereocenters. The summed E-state index contributed by atoms with van der Waals surface area (Å²) in [6, 6.07) is 21.8. The highest BCUT2D eigenvalue weighted by Gasteiger charge is 2.18. The largest absolute Gasteiger partial charge is 0.383 e. The first-order valence-electron chi connectivity index (χ1n) is 11.7. The summed E-state index contributed by atoms with van der Waals surface area (Å²) in [4.78, 5) is 18.2. The predicted molar refractivity (Wildman–Crippen MR) is 155 cm³/mol. The highest BCUT2D eigenvalue weighted by molar-refractivity contribution is 7.78. The number of hydrogen-bond acceptors (Lipinski definition) is 6. The average molecular weight is 544 g/mol. The molecule has 5 aromatic rings. The summed E-state index contributed by atoms with van der Waals surface area (Å²) in [6.07, 6.45) is 1.75. The molecule has 0 aliphatic carbocycles. The van der Waals surface area contributed by atoms with Crippen molar-refractivity contribution in [3.05, 3.63) is 95.5 Å². The van der Waals surface area contributed by atoms with Crippen molar-refractivity contribution < 1.29 is 13.6 Å². The van der Waals surface area contributed by atoms with Crippen LogP contribution in [0.1, 0.15) is 11.1 Å². The van der Waals surface area contributed by atoms with E-state index in [4.69, 9.17) is 21.8 Å². The van der Waals surface area contributed by atoms with Crippen molar-refractivity contribution in [1.29, 1.82) is 0 Å². The van der Waals surface area contributed by atoms with E-state index in [1.165, 1.54) is 4.90 Å². The van der Waals surface area contributed by atoms with E-state index in [0.717, 1.165) is 43.5 Å². The molecule has 10 heteroatoms. The Labute approximate surface area is 226 Å². The number of nitrogens with two attached hydrogens (primary N) is 3. The van der Waals surface area contributed by atoms with Gasteiger partial charge in [-0.1, -0.05) is 48.5 Å². The summed E-state index contributed by atoms with van der Waals surface area (Å²) >= 11 is -0.321. The number of rotatable bonds is 7. The molecule has 5 rings (SSSR count). The molecule has 192 valence electrons. The summed E-state index contributed by atoms with van der Waals surface area (Å²) in [6.45, 7) is 0.357. The lowest BCUT2D eigenvalue weighted by Crippen LogP contribution is -2.31. The molecular formula is C28H25N5O3S2. The third-order valence-corrected chi connectivity index (χ3v) is 7.83. The third-order valence-electron chi connectivity index (χ3n) is 6.24. The average Bonchev–Trinajstić information content (AvgIpc) is 3.36. The molecule has 0 aliphatic heterocycles. The van der Waals surface area contributed by atoms with E-state index in [1.807, 2.05) is 78.2 Å². The van der Waals surface area contributed by atoms with Crippen LogP contribution in [0, 0.1) is 0 Å². The van der Waals surface area contributed by atoms with Crippen LogP contribution in [0.4, 0.5) is 22.0 Å². The Balaban J connectivity index is 1.51. The van der Waals surface area contributed by atoms with Crippen molar-refractivity contribution in [2.75, 3.05) is 10.6 Å². The Bertz CT molecular complexity index is 1650. The summed E-state index contributed by atoms with van der Waals surface area (Å²) in [7, 11) is 0. The number of hydrogen-bond donors (Lipinski definition) is 4. The fourth-order valence-corrected chi connectivity index (χ4v) is 6.02. The number of carbonyl (C=O) groups excluding carboxylic acids is 1. The summed E-state index contributed by atoms with van der Waals surface area (Å²) < 4.78 is 21.3. The molecule has 7 N–H and O–H groups in total. The van der Waals surface area contributed by atoms with Gasteiger partial charge in [0, 0.05) is 34.0 Å². The number of amides is 2. The van der Waals surface area contributed by atoms with Crippen molar-refractivity contribution in [2.45, 2.75) is 12.3 Å². The first-order valence-corrected chi connectivity index (χ1v) is 13.8. The van der Waals surface area contributed by atoms with Gasteiger partial charge in [-0.15, -0.1) is 11.3 Å². The van der Waals surface area contributed by atoms with Gasteiger partial charge in [-0.2, -0.15) is 0 Å². The number of urea groups is 1. The Morgan fingerprint density at radius 1 is 0.947 bits per heavy atom. The second-order valence-electron chi connectivity index (χ2n) is 8.67. The van der Waals surface area contributed by atoms with E-state index >= 15 is 0 Å². The summed E-state index contributed by atoms with van der Waals surface area (Å²) in [5, 5.41) is 2.89. The van der Waals surface area contributed by atoms with Crippen molar-refractivity contribution in [3.63, 3.8) is 0 Å². The molecule has 0 aliphatic rings. The van der Waals surface area contributed by atoms with Crippen LogP contribution in [0.25, 0.3) is 32.3 Å². The molecule has 2 amide bonds. The van der Waals surface area contributed by atoms with Gasteiger partial charge in [-0.05, 0) is 51.9 Å². The fraction of sp³-hybridized carbons (Fsp3) is 0.0714. The van der Waals surface area contributed by atoms with E-state index in [0.29, 0.717) is 23.7 Å². The molecule has 2 aromatic heterocycles. The van der Waals surface area contributed by atoms with Gasteiger partial charge in [0.15, 0.2) is 11.1 Å². The number of anilines is 3. The number of thiophene rings is 1. The Morgan fingerprint density at radius 3 is 2.29 bits per heavy atom. The molecular weight excluding hydrogens is 518 g/mol. The quantitative estimate of drug-likeness (QED) is 0.196. The van der Waals surface area contributed by atoms with E-state index in [1.54, 1.807) is 17.5 Å². The first kappa shape index (κ1) is 25.6. The van der Waals surface area contributed by atoms with Gasteiger partial charge >= 0.3 is 6.03 Å². The highest BCUT2D eigenvalue weighted by atomic mass is 32.2. The van der Waals surface area contributed by atoms with Gasteiger partial charge in [0.25, 0.3) is 0 Å². The minimum Gasteiger partial charge on any atom is -0.383 e. The van der Waals surface area contributed by atoms with Crippen LogP contribution in [-0.4, -0.2) is 19.8 Å². The molecule has 0 saturated carbocycles. The zero-order valence-electron chi connectivity index (χ0n) is 20.2. The van der Waals surface area contributed by atoms with Crippen LogP contribution in [0.5, 0.6) is 0 Å². The van der Waals surface area contributed by atoms with Gasteiger partial charge in [0.05, 0.1) is 17.1 Å². The van der Waals surface area contributed by atoms with Crippen LogP contribution < -0.4 is 22.1 Å². The predicted octanol–water partition coefficient (Wildman–Crippen LogP) is 5.61. The summed E-state index contributed by atoms with van der Waals surface area (Å²) in [5.41, 5.74) is 24.5. The molecule has 38 heavy (non-hydrogen) atoms. The number of nitrogen functional groups attached to an aromatic ring is 1. The maximum atomic E-state index is 12.3. The van der Waals surface area contributed by atoms with Gasteiger partial charge in [-0.25, -0.2) is 14.0 Å². The SMILES string of the molecule is NCc1cccc(N(C(N)=O)c2ccc(-c3csc4c(-c5ccc(CS(=O)O)cc5)cnc(N)c34)cc2)c1. The monoisotopic (exact) mass is 543 g/mol. The second-order valence-corrected chi connectivity index (χ2v) is 10.5. The number of primary amides is 1. The lowest BCUT2D eigenvalue weighted by Gasteiger charge is -2.21. The van der Waals surface area contributed by atoms with Crippen molar-refractivity contribution in [3.8, 4) is 22.3 Å². The molecule has 0 bridgehead atoms. The van der Waals surface area contributed by atoms with Crippen LogP contribution in [0.15, 0.2) is 84.4 Å². The van der Waals surface area contributed by atoms with Gasteiger partial charge in [0.1, 0.15) is 5.82 Å². The van der Waals surface area contributed by atoms with Gasteiger partial charge in [0.2, 0.25) is 0 Å². The Morgan fingerprint density at radius 2 is 1.63 bits per heavy atom. The second kappa shape index (κ2) is 10.7. The maximum absolute atomic E-state index is 12.3. The van der Waals surface area contributed by atoms with Crippen LogP contribution in [-0.2, 0) is 23.4 Å². The normalized spacial score (nSPS) is 11.9. The molecule has 0 fully saturated rings. The van der Waals surface area contributed by atoms with Gasteiger partial charge in [-0.3, -0.25) is 4.90 Å².